The molecule has 0 unspecified atom stereocenters. The molecule has 0 saturated carbocycles. The van der Waals surface area contributed by atoms with Crippen LogP contribution in [0.5, 0.6) is 0 Å². The van der Waals surface area contributed by atoms with E-state index in [1.807, 2.05) is 35.0 Å². The summed E-state index contributed by atoms with van der Waals surface area (Å²) in [6.45, 7) is 3.99. The number of hydrogen-bond donors (Lipinski definition) is 1. The highest BCUT2D eigenvalue weighted by Gasteiger charge is 2.24. The number of piperidine rings is 1. The van der Waals surface area contributed by atoms with Gasteiger partial charge in [-0.25, -0.2) is 4.79 Å². The predicted octanol–water partition coefficient (Wildman–Crippen LogP) is 4.03. The first-order valence-corrected chi connectivity index (χ1v) is 9.50. The fourth-order valence-electron chi connectivity index (χ4n) is 4.32. The van der Waals surface area contributed by atoms with Gasteiger partial charge in [-0.05, 0) is 50.1 Å². The van der Waals surface area contributed by atoms with Crippen molar-refractivity contribution in [1.29, 1.82) is 0 Å². The van der Waals surface area contributed by atoms with Crippen LogP contribution in [0.4, 0.5) is 5.69 Å². The smallest absolute Gasteiger partial charge is 0.326 e. The van der Waals surface area contributed by atoms with Gasteiger partial charge in [-0.15, -0.1) is 0 Å². The molecule has 2 aromatic heterocycles. The van der Waals surface area contributed by atoms with Crippen LogP contribution < -0.4 is 10.6 Å². The van der Waals surface area contributed by atoms with E-state index < -0.39 is 0 Å². The number of anilines is 1. The second-order valence-electron chi connectivity index (χ2n) is 7.39. The fourth-order valence-corrected chi connectivity index (χ4v) is 4.32. The van der Waals surface area contributed by atoms with E-state index in [1.54, 1.807) is 0 Å². The number of nitrogens with zero attached hydrogens (tertiary/aromatic N) is 3. The Balaban J connectivity index is 1.45. The Morgan fingerprint density at radius 2 is 1.89 bits per heavy atom. The average Bonchev–Trinajstić information content (AvgIpc) is 3.03. The molecule has 2 aromatic carbocycles. The number of benzene rings is 2. The lowest BCUT2D eigenvalue weighted by Gasteiger charge is -2.34. The maximum Gasteiger partial charge on any atom is 0.326 e. The van der Waals surface area contributed by atoms with E-state index in [2.05, 4.69) is 46.1 Å². The first-order valence-electron chi connectivity index (χ1n) is 9.50. The largest absolute Gasteiger partial charge is 0.371 e. The maximum atomic E-state index is 12.5. The van der Waals surface area contributed by atoms with Crippen molar-refractivity contribution in [2.75, 3.05) is 18.0 Å². The van der Waals surface area contributed by atoms with E-state index in [0.29, 0.717) is 0 Å². The van der Waals surface area contributed by atoms with Crippen LogP contribution in [-0.2, 0) is 0 Å². The normalized spacial score (nSPS) is 15.7. The van der Waals surface area contributed by atoms with Gasteiger partial charge in [-0.1, -0.05) is 23.8 Å². The molecule has 1 aliphatic rings. The molecular formula is C22H22N4O. The van der Waals surface area contributed by atoms with Gasteiger partial charge in [0, 0.05) is 36.4 Å². The van der Waals surface area contributed by atoms with Gasteiger partial charge in [0.25, 0.3) is 0 Å². The number of hydrogen-bond acceptors (Lipinski definition) is 3. The van der Waals surface area contributed by atoms with Crippen LogP contribution in [0.3, 0.4) is 0 Å². The van der Waals surface area contributed by atoms with Gasteiger partial charge in [-0.2, -0.15) is 0 Å². The number of aromatic nitrogens is 3. The summed E-state index contributed by atoms with van der Waals surface area (Å²) in [6.07, 6.45) is 3.80. The Morgan fingerprint density at radius 3 is 2.74 bits per heavy atom. The minimum absolute atomic E-state index is 0.000337. The van der Waals surface area contributed by atoms with Crippen LogP contribution in [0.1, 0.15) is 24.4 Å². The van der Waals surface area contributed by atoms with Crippen molar-refractivity contribution in [3.63, 3.8) is 0 Å². The number of fused-ring (bicyclic) bond motifs is 2. The Kier molecular flexibility index (Phi) is 3.74. The molecule has 136 valence electrons. The molecule has 5 rings (SSSR count). The number of imidazole rings is 1. The number of para-hydroxylation sites is 2. The first-order chi connectivity index (χ1) is 13.2. The van der Waals surface area contributed by atoms with E-state index in [0.717, 1.165) is 42.5 Å². The third kappa shape index (κ3) is 2.70. The first kappa shape index (κ1) is 16.1. The molecule has 27 heavy (non-hydrogen) atoms. The third-order valence-corrected chi connectivity index (χ3v) is 5.67. The molecule has 0 amide bonds. The molecule has 0 spiro atoms. The molecule has 5 heteroatoms. The number of aromatic amines is 1. The number of aryl methyl sites for hydroxylation is 1. The molecule has 0 radical (unpaired) electrons. The average molecular weight is 358 g/mol. The van der Waals surface area contributed by atoms with Gasteiger partial charge in [0.15, 0.2) is 0 Å². The fraction of sp³-hybridized carbons (Fsp3) is 0.273. The van der Waals surface area contributed by atoms with Crippen molar-refractivity contribution < 1.29 is 0 Å². The van der Waals surface area contributed by atoms with Crippen LogP contribution in [-0.4, -0.2) is 27.6 Å². The van der Waals surface area contributed by atoms with Crippen LogP contribution in [0, 0.1) is 6.92 Å². The molecular weight excluding hydrogens is 336 g/mol. The van der Waals surface area contributed by atoms with E-state index in [9.17, 15) is 4.79 Å². The van der Waals surface area contributed by atoms with Crippen molar-refractivity contribution in [2.45, 2.75) is 25.8 Å². The number of pyridine rings is 1. The van der Waals surface area contributed by atoms with Crippen LogP contribution >= 0.6 is 0 Å². The zero-order valence-corrected chi connectivity index (χ0v) is 15.4. The summed E-state index contributed by atoms with van der Waals surface area (Å²) in [5.74, 6) is 0. The van der Waals surface area contributed by atoms with Crippen molar-refractivity contribution >= 4 is 27.6 Å². The highest BCUT2D eigenvalue weighted by molar-refractivity contribution is 5.92. The van der Waals surface area contributed by atoms with Gasteiger partial charge in [-0.3, -0.25) is 9.55 Å². The van der Waals surface area contributed by atoms with Crippen LogP contribution in [0.15, 0.2) is 59.5 Å². The standard InChI is InChI=1S/C22H22N4O/c1-15-6-7-18-17(14-15)20(8-11-23-18)25-12-9-16(10-13-25)26-21-5-3-2-4-19(21)24-22(26)27/h2-8,11,14,16H,9-10,12-13H2,1H3,(H,24,27). The molecule has 1 fully saturated rings. The second-order valence-corrected chi connectivity index (χ2v) is 7.39. The number of H-pyrrole nitrogens is 1. The summed E-state index contributed by atoms with van der Waals surface area (Å²) in [7, 11) is 0. The molecule has 0 bridgehead atoms. The van der Waals surface area contributed by atoms with Crippen LogP contribution in [0.2, 0.25) is 0 Å². The van der Waals surface area contributed by atoms with E-state index >= 15 is 0 Å². The number of rotatable bonds is 2. The molecule has 5 nitrogen and oxygen atoms in total. The van der Waals surface area contributed by atoms with Gasteiger partial charge < -0.3 is 9.88 Å². The Bertz CT molecular complexity index is 1180. The molecule has 1 N–H and O–H groups in total. The SMILES string of the molecule is Cc1ccc2nccc(N3CCC(n4c(=O)[nH]c5ccccc54)CC3)c2c1. The van der Waals surface area contributed by atoms with E-state index in [1.165, 1.54) is 16.6 Å². The summed E-state index contributed by atoms with van der Waals surface area (Å²) >= 11 is 0. The zero-order valence-electron chi connectivity index (χ0n) is 15.4. The molecule has 1 saturated heterocycles. The molecule has 0 aliphatic carbocycles. The summed E-state index contributed by atoms with van der Waals surface area (Å²) in [4.78, 5) is 22.4. The molecule has 0 atom stereocenters. The van der Waals surface area contributed by atoms with E-state index in [-0.39, 0.29) is 11.7 Å². The summed E-state index contributed by atoms with van der Waals surface area (Å²) in [5.41, 5.74) is 5.45. The highest BCUT2D eigenvalue weighted by atomic mass is 16.1. The summed E-state index contributed by atoms with van der Waals surface area (Å²) in [6, 6.07) is 16.7. The molecule has 1 aliphatic heterocycles. The third-order valence-electron chi connectivity index (χ3n) is 5.67. The topological polar surface area (TPSA) is 53.9 Å². The molecule has 4 aromatic rings. The molecule has 3 heterocycles. The van der Waals surface area contributed by atoms with Crippen molar-refractivity contribution in [2.24, 2.45) is 0 Å². The van der Waals surface area contributed by atoms with Gasteiger partial charge in [0.05, 0.1) is 16.6 Å². The lowest BCUT2D eigenvalue weighted by Crippen LogP contribution is -2.37. The van der Waals surface area contributed by atoms with Gasteiger partial charge in [0.2, 0.25) is 0 Å². The van der Waals surface area contributed by atoms with Crippen LogP contribution in [0.25, 0.3) is 21.9 Å². The lowest BCUT2D eigenvalue weighted by molar-refractivity contribution is 0.397. The van der Waals surface area contributed by atoms with Crippen molar-refractivity contribution in [1.82, 2.24) is 14.5 Å². The second kappa shape index (κ2) is 6.27. The summed E-state index contributed by atoms with van der Waals surface area (Å²) < 4.78 is 1.95. The zero-order chi connectivity index (χ0) is 18.4. The minimum atomic E-state index is -0.000337. The summed E-state index contributed by atoms with van der Waals surface area (Å²) in [5, 5.41) is 1.21. The predicted molar refractivity (Wildman–Crippen MR) is 110 cm³/mol. The Labute approximate surface area is 157 Å². The Hall–Kier alpha value is -3.08. The van der Waals surface area contributed by atoms with E-state index in [4.69, 9.17) is 0 Å². The number of nitrogens with one attached hydrogen (secondary N) is 1. The van der Waals surface area contributed by atoms with Crippen molar-refractivity contribution in [3.05, 3.63) is 70.8 Å². The van der Waals surface area contributed by atoms with Crippen molar-refractivity contribution in [3.8, 4) is 0 Å². The monoisotopic (exact) mass is 358 g/mol. The Morgan fingerprint density at radius 1 is 1.07 bits per heavy atom. The highest BCUT2D eigenvalue weighted by Crippen LogP contribution is 2.32. The minimum Gasteiger partial charge on any atom is -0.371 e. The lowest BCUT2D eigenvalue weighted by atomic mass is 10.0. The quantitative estimate of drug-likeness (QED) is 0.589. The van der Waals surface area contributed by atoms with Gasteiger partial charge in [0.1, 0.15) is 0 Å². The maximum absolute atomic E-state index is 12.5. The van der Waals surface area contributed by atoms with Gasteiger partial charge >= 0.3 is 5.69 Å².